The summed E-state index contributed by atoms with van der Waals surface area (Å²) in [7, 11) is 0. The summed E-state index contributed by atoms with van der Waals surface area (Å²) in [6.07, 6.45) is 5.54. The number of hydrogen-bond acceptors (Lipinski definition) is 10. The Morgan fingerprint density at radius 3 is 2.94 bits per heavy atom. The van der Waals surface area contributed by atoms with Crippen LogP contribution in [0.3, 0.4) is 0 Å². The molecule has 3 aromatic rings. The van der Waals surface area contributed by atoms with Crippen molar-refractivity contribution in [1.29, 1.82) is 0 Å². The molecule has 2 atom stereocenters. The Morgan fingerprint density at radius 1 is 1.22 bits per heavy atom. The molecule has 0 bridgehead atoms. The summed E-state index contributed by atoms with van der Waals surface area (Å²) in [5.74, 6) is 1.33. The molecule has 0 amide bonds. The largest absolute Gasteiger partial charge is 0.472 e. The molecule has 2 aromatic heterocycles. The van der Waals surface area contributed by atoms with Gasteiger partial charge in [-0.1, -0.05) is 0 Å². The van der Waals surface area contributed by atoms with Crippen LogP contribution in [0.25, 0.3) is 5.69 Å². The van der Waals surface area contributed by atoms with E-state index in [1.54, 1.807) is 4.68 Å². The number of fused-ring (bicyclic) bond motifs is 5. The number of hydrogen-bond donors (Lipinski definition) is 2. The van der Waals surface area contributed by atoms with E-state index >= 15 is 0 Å². The van der Waals surface area contributed by atoms with Crippen LogP contribution in [-0.4, -0.2) is 72.5 Å². The van der Waals surface area contributed by atoms with Gasteiger partial charge in [0.15, 0.2) is 11.6 Å². The summed E-state index contributed by atoms with van der Waals surface area (Å²) in [6, 6.07) is 6.26. The summed E-state index contributed by atoms with van der Waals surface area (Å²) in [4.78, 5) is 11.2. The van der Waals surface area contributed by atoms with Crippen LogP contribution in [0.5, 0.6) is 5.75 Å². The van der Waals surface area contributed by atoms with Gasteiger partial charge in [-0.15, -0.1) is 5.10 Å². The SMILES string of the molecule is CC1(C)CC(Nc2nc(Nc3ccc4c(c3)-n3nnnc3C3(COC3)O4)ncc2F)CC2CCCN21. The Hall–Kier alpha value is -3.38. The molecule has 1 spiro atoms. The highest BCUT2D eigenvalue weighted by Crippen LogP contribution is 2.43. The van der Waals surface area contributed by atoms with Gasteiger partial charge in [0.2, 0.25) is 17.4 Å². The number of rotatable bonds is 4. The van der Waals surface area contributed by atoms with Gasteiger partial charge in [-0.25, -0.2) is 9.37 Å². The van der Waals surface area contributed by atoms with Gasteiger partial charge in [0.1, 0.15) is 11.4 Å². The molecule has 3 saturated heterocycles. The van der Waals surface area contributed by atoms with E-state index in [1.807, 2.05) is 18.2 Å². The lowest BCUT2D eigenvalue weighted by molar-refractivity contribution is -0.176. The maximum Gasteiger partial charge on any atom is 0.229 e. The molecule has 12 heteroatoms. The monoisotopic (exact) mass is 493 g/mol. The topological polar surface area (TPSA) is 115 Å². The van der Waals surface area contributed by atoms with Gasteiger partial charge in [-0.2, -0.15) is 9.67 Å². The van der Waals surface area contributed by atoms with Crippen LogP contribution >= 0.6 is 0 Å². The minimum atomic E-state index is -0.644. The smallest absolute Gasteiger partial charge is 0.229 e. The number of piperidine rings is 1. The van der Waals surface area contributed by atoms with Gasteiger partial charge in [-0.05, 0) is 74.7 Å². The van der Waals surface area contributed by atoms with E-state index in [4.69, 9.17) is 9.47 Å². The van der Waals surface area contributed by atoms with Crippen LogP contribution in [0.2, 0.25) is 0 Å². The Balaban J connectivity index is 1.12. The number of ether oxygens (including phenoxy) is 2. The molecule has 2 unspecified atom stereocenters. The van der Waals surface area contributed by atoms with Gasteiger partial charge in [0, 0.05) is 23.3 Å². The zero-order chi connectivity index (χ0) is 24.5. The van der Waals surface area contributed by atoms with Gasteiger partial charge in [0.05, 0.1) is 19.4 Å². The molecule has 2 N–H and O–H groups in total. The lowest BCUT2D eigenvalue weighted by Gasteiger charge is -2.47. The molecule has 0 radical (unpaired) electrons. The maximum absolute atomic E-state index is 14.7. The van der Waals surface area contributed by atoms with Crippen molar-refractivity contribution in [3.05, 3.63) is 36.0 Å². The van der Waals surface area contributed by atoms with E-state index in [-0.39, 0.29) is 17.4 Å². The first-order valence-electron chi connectivity index (χ1n) is 12.4. The fraction of sp³-hybridized carbons (Fsp3) is 0.542. The standard InChI is InChI=1S/C24H28FN9O2/c1-23(2)10-15(8-16-4-3-7-33(16)23)27-20-17(25)11-26-22(29-20)28-14-5-6-19-18(9-14)34-21(30-31-32-34)24(36-19)12-35-13-24/h5-6,9,11,15-16H,3-4,7-8,10,12-13H2,1-2H3,(H2,26,27,28,29). The van der Waals surface area contributed by atoms with Gasteiger partial charge >= 0.3 is 0 Å². The molecule has 188 valence electrons. The lowest BCUT2D eigenvalue weighted by atomic mass is 9.84. The fourth-order valence-corrected chi connectivity index (χ4v) is 6.18. The summed E-state index contributed by atoms with van der Waals surface area (Å²) in [5, 5.41) is 18.7. The van der Waals surface area contributed by atoms with Crippen LogP contribution in [-0.2, 0) is 10.3 Å². The average Bonchev–Trinajstić information content (AvgIpc) is 3.50. The number of halogens is 1. The third-order valence-corrected chi connectivity index (χ3v) is 7.84. The fourth-order valence-electron chi connectivity index (χ4n) is 6.18. The highest BCUT2D eigenvalue weighted by atomic mass is 19.1. The van der Waals surface area contributed by atoms with Gasteiger partial charge in [-0.3, -0.25) is 4.90 Å². The molecule has 4 aliphatic rings. The normalized spacial score (nSPS) is 25.3. The van der Waals surface area contributed by atoms with Gasteiger partial charge in [0.25, 0.3) is 0 Å². The molecule has 3 fully saturated rings. The molecule has 4 aliphatic heterocycles. The van der Waals surface area contributed by atoms with Crippen molar-refractivity contribution in [1.82, 2.24) is 35.1 Å². The first-order chi connectivity index (χ1) is 17.4. The molecular weight excluding hydrogens is 465 g/mol. The third-order valence-electron chi connectivity index (χ3n) is 7.84. The van der Waals surface area contributed by atoms with Crippen LogP contribution in [0, 0.1) is 5.82 Å². The van der Waals surface area contributed by atoms with E-state index in [9.17, 15) is 4.39 Å². The molecule has 7 rings (SSSR count). The van der Waals surface area contributed by atoms with E-state index in [2.05, 4.69) is 54.9 Å². The lowest BCUT2D eigenvalue weighted by Crippen LogP contribution is -2.55. The molecule has 1 aromatic carbocycles. The maximum atomic E-state index is 14.7. The Kier molecular flexibility index (Phi) is 4.74. The Labute approximate surface area is 207 Å². The second-order valence-electron chi connectivity index (χ2n) is 10.8. The summed E-state index contributed by atoms with van der Waals surface area (Å²) in [6.45, 7) is 6.51. The molecule has 11 nitrogen and oxygen atoms in total. The Bertz CT molecular complexity index is 1320. The van der Waals surface area contributed by atoms with Crippen LogP contribution in [0.1, 0.15) is 45.4 Å². The van der Waals surface area contributed by atoms with Crippen molar-refractivity contribution >= 4 is 17.5 Å². The first-order valence-corrected chi connectivity index (χ1v) is 12.4. The highest BCUT2D eigenvalue weighted by molar-refractivity contribution is 5.64. The van der Waals surface area contributed by atoms with E-state index in [0.29, 0.717) is 48.2 Å². The van der Waals surface area contributed by atoms with Crippen molar-refractivity contribution in [3.63, 3.8) is 0 Å². The van der Waals surface area contributed by atoms with Crippen molar-refractivity contribution in [3.8, 4) is 11.4 Å². The predicted octanol–water partition coefficient (Wildman–Crippen LogP) is 2.77. The summed E-state index contributed by atoms with van der Waals surface area (Å²) >= 11 is 0. The highest BCUT2D eigenvalue weighted by Gasteiger charge is 2.51. The minimum absolute atomic E-state index is 0.0755. The zero-order valence-electron chi connectivity index (χ0n) is 20.2. The number of nitrogens with one attached hydrogen (secondary N) is 2. The molecule has 6 heterocycles. The third kappa shape index (κ3) is 3.42. The zero-order valence-corrected chi connectivity index (χ0v) is 20.2. The quantitative estimate of drug-likeness (QED) is 0.562. The van der Waals surface area contributed by atoms with E-state index in [0.717, 1.165) is 19.4 Å². The number of benzene rings is 1. The molecular formula is C24H28FN9O2. The van der Waals surface area contributed by atoms with Crippen molar-refractivity contribution in [2.45, 2.75) is 62.8 Å². The van der Waals surface area contributed by atoms with Crippen molar-refractivity contribution in [2.24, 2.45) is 0 Å². The number of tetrazole rings is 1. The van der Waals surface area contributed by atoms with E-state index < -0.39 is 11.4 Å². The molecule has 0 saturated carbocycles. The number of nitrogens with zero attached hydrogens (tertiary/aromatic N) is 7. The average molecular weight is 494 g/mol. The second kappa shape index (κ2) is 7.81. The number of anilines is 3. The van der Waals surface area contributed by atoms with Gasteiger partial charge < -0.3 is 20.1 Å². The summed E-state index contributed by atoms with van der Waals surface area (Å²) < 4.78 is 27.9. The molecule has 36 heavy (non-hydrogen) atoms. The predicted molar refractivity (Wildman–Crippen MR) is 128 cm³/mol. The minimum Gasteiger partial charge on any atom is -0.472 e. The molecule has 0 aliphatic carbocycles. The van der Waals surface area contributed by atoms with Crippen molar-refractivity contribution < 1.29 is 13.9 Å². The van der Waals surface area contributed by atoms with E-state index in [1.165, 1.54) is 19.0 Å². The number of aromatic nitrogens is 6. The second-order valence-corrected chi connectivity index (χ2v) is 10.8. The summed E-state index contributed by atoms with van der Waals surface area (Å²) in [5.41, 5.74) is 0.836. The first kappa shape index (κ1) is 21.9. The van der Waals surface area contributed by atoms with Crippen LogP contribution in [0.4, 0.5) is 21.8 Å². The Morgan fingerprint density at radius 2 is 2.11 bits per heavy atom. The van der Waals surface area contributed by atoms with Crippen LogP contribution in [0.15, 0.2) is 24.4 Å². The van der Waals surface area contributed by atoms with Crippen LogP contribution < -0.4 is 15.4 Å². The van der Waals surface area contributed by atoms with Crippen molar-refractivity contribution in [2.75, 3.05) is 30.4 Å².